The summed E-state index contributed by atoms with van der Waals surface area (Å²) in [5.41, 5.74) is -0.851. The molecule has 0 bridgehead atoms. The Kier molecular flexibility index (Phi) is 7.78. The van der Waals surface area contributed by atoms with Crippen molar-refractivity contribution in [3.8, 4) is 17.2 Å². The summed E-state index contributed by atoms with van der Waals surface area (Å²) in [6.07, 6.45) is -0.549. The molecule has 1 rings (SSSR count). The number of carbonyl (C=O) groups excluding carboxylic acids is 2. The van der Waals surface area contributed by atoms with Crippen LogP contribution >= 0.6 is 0 Å². The van der Waals surface area contributed by atoms with Gasteiger partial charge in [-0.25, -0.2) is 9.59 Å². The standard InChI is InChI=1S/C19H31N3O6/c1-18(2,3)28-17(24)20-11-19(4,5)22-16(23)21-12-9-13(25-6)15(27-8)14(10-12)26-7/h9-10H,11H2,1-8H3,(H,20,24)(H2,21,22,23). The van der Waals surface area contributed by atoms with E-state index in [0.29, 0.717) is 22.9 Å². The number of hydrogen-bond donors (Lipinski definition) is 3. The number of benzene rings is 1. The van der Waals surface area contributed by atoms with Gasteiger partial charge in [-0.1, -0.05) is 0 Å². The third-order valence-corrected chi connectivity index (χ3v) is 3.45. The number of carbonyl (C=O) groups is 2. The molecule has 0 fully saturated rings. The van der Waals surface area contributed by atoms with Gasteiger partial charge in [0.05, 0.1) is 32.6 Å². The van der Waals surface area contributed by atoms with Gasteiger partial charge in [-0.15, -0.1) is 0 Å². The minimum atomic E-state index is -0.721. The first-order chi connectivity index (χ1) is 12.9. The fraction of sp³-hybridized carbons (Fsp3) is 0.579. The van der Waals surface area contributed by atoms with Gasteiger partial charge in [0, 0.05) is 18.7 Å². The van der Waals surface area contributed by atoms with Gasteiger partial charge in [-0.3, -0.25) is 0 Å². The molecule has 9 nitrogen and oxygen atoms in total. The number of nitrogens with one attached hydrogen (secondary N) is 3. The monoisotopic (exact) mass is 397 g/mol. The molecule has 158 valence electrons. The molecule has 0 saturated carbocycles. The lowest BCUT2D eigenvalue weighted by molar-refractivity contribution is 0.0514. The summed E-state index contributed by atoms with van der Waals surface area (Å²) in [4.78, 5) is 24.2. The maximum Gasteiger partial charge on any atom is 0.407 e. The molecule has 3 amide bonds. The number of urea groups is 1. The van der Waals surface area contributed by atoms with Crippen molar-refractivity contribution in [2.24, 2.45) is 0 Å². The van der Waals surface area contributed by atoms with E-state index < -0.39 is 23.3 Å². The number of ether oxygens (including phenoxy) is 4. The normalized spacial score (nSPS) is 11.3. The Morgan fingerprint density at radius 2 is 1.46 bits per heavy atom. The van der Waals surface area contributed by atoms with Crippen molar-refractivity contribution in [3.63, 3.8) is 0 Å². The van der Waals surface area contributed by atoms with Crippen LogP contribution in [0.2, 0.25) is 0 Å². The van der Waals surface area contributed by atoms with Crippen LogP contribution in [0.25, 0.3) is 0 Å². The first kappa shape index (κ1) is 23.2. The largest absolute Gasteiger partial charge is 0.493 e. The second kappa shape index (κ2) is 9.38. The summed E-state index contributed by atoms with van der Waals surface area (Å²) >= 11 is 0. The molecule has 0 aliphatic carbocycles. The van der Waals surface area contributed by atoms with Gasteiger partial charge in [0.15, 0.2) is 11.5 Å². The van der Waals surface area contributed by atoms with E-state index >= 15 is 0 Å². The summed E-state index contributed by atoms with van der Waals surface area (Å²) in [5.74, 6) is 1.27. The maximum atomic E-state index is 12.4. The zero-order valence-electron chi connectivity index (χ0n) is 17.8. The van der Waals surface area contributed by atoms with E-state index in [1.54, 1.807) is 46.8 Å². The highest BCUT2D eigenvalue weighted by Gasteiger charge is 2.24. The van der Waals surface area contributed by atoms with Crippen molar-refractivity contribution >= 4 is 17.8 Å². The molecule has 0 spiro atoms. The molecule has 0 saturated heterocycles. The molecule has 9 heteroatoms. The molecule has 3 N–H and O–H groups in total. The van der Waals surface area contributed by atoms with Gasteiger partial charge in [0.25, 0.3) is 0 Å². The van der Waals surface area contributed by atoms with Gasteiger partial charge in [0.1, 0.15) is 5.60 Å². The fourth-order valence-corrected chi connectivity index (χ4v) is 2.27. The van der Waals surface area contributed by atoms with Crippen LogP contribution in [-0.4, -0.2) is 51.1 Å². The number of anilines is 1. The highest BCUT2D eigenvalue weighted by molar-refractivity contribution is 5.90. The van der Waals surface area contributed by atoms with Crippen molar-refractivity contribution < 1.29 is 28.5 Å². The van der Waals surface area contributed by atoms with E-state index in [1.807, 2.05) is 0 Å². The number of methoxy groups -OCH3 is 3. The van der Waals surface area contributed by atoms with Gasteiger partial charge in [0.2, 0.25) is 5.75 Å². The molecule has 0 unspecified atom stereocenters. The molecule has 0 aliphatic rings. The summed E-state index contributed by atoms with van der Waals surface area (Å²) in [5, 5.41) is 8.15. The Balaban J connectivity index is 2.74. The average molecular weight is 397 g/mol. The van der Waals surface area contributed by atoms with E-state index in [-0.39, 0.29) is 6.54 Å². The lowest BCUT2D eigenvalue weighted by Crippen LogP contribution is -2.53. The average Bonchev–Trinajstić information content (AvgIpc) is 2.57. The molecule has 0 aromatic heterocycles. The van der Waals surface area contributed by atoms with E-state index in [4.69, 9.17) is 18.9 Å². The zero-order chi connectivity index (χ0) is 21.5. The number of rotatable bonds is 7. The van der Waals surface area contributed by atoms with Gasteiger partial charge in [-0.2, -0.15) is 0 Å². The lowest BCUT2D eigenvalue weighted by atomic mass is 10.1. The summed E-state index contributed by atoms with van der Waals surface area (Å²) in [6.45, 7) is 9.07. The lowest BCUT2D eigenvalue weighted by Gasteiger charge is -2.28. The highest BCUT2D eigenvalue weighted by atomic mass is 16.6. The van der Waals surface area contributed by atoms with Crippen LogP contribution in [0.5, 0.6) is 17.2 Å². The molecule has 1 aromatic rings. The minimum absolute atomic E-state index is 0.185. The number of hydrogen-bond acceptors (Lipinski definition) is 6. The topological polar surface area (TPSA) is 107 Å². The third-order valence-electron chi connectivity index (χ3n) is 3.45. The Labute approximate surface area is 166 Å². The van der Waals surface area contributed by atoms with Crippen molar-refractivity contribution in [2.75, 3.05) is 33.2 Å². The van der Waals surface area contributed by atoms with Crippen LogP contribution < -0.4 is 30.2 Å². The van der Waals surface area contributed by atoms with Gasteiger partial charge in [-0.05, 0) is 34.6 Å². The Bertz CT molecular complexity index is 672. The van der Waals surface area contributed by atoms with Crippen LogP contribution in [0.1, 0.15) is 34.6 Å². The molecular formula is C19H31N3O6. The second-order valence-corrected chi connectivity index (χ2v) is 7.73. The van der Waals surface area contributed by atoms with Gasteiger partial charge >= 0.3 is 12.1 Å². The number of alkyl carbamates (subject to hydrolysis) is 1. The Morgan fingerprint density at radius 3 is 1.89 bits per heavy atom. The maximum absolute atomic E-state index is 12.4. The SMILES string of the molecule is COc1cc(NC(=O)NC(C)(C)CNC(=O)OC(C)(C)C)cc(OC)c1OC. The first-order valence-electron chi connectivity index (χ1n) is 8.77. The van der Waals surface area contributed by atoms with Crippen molar-refractivity contribution in [1.82, 2.24) is 10.6 Å². The molecule has 0 heterocycles. The van der Waals surface area contributed by atoms with Crippen LogP contribution in [-0.2, 0) is 4.74 Å². The van der Waals surface area contributed by atoms with Crippen LogP contribution in [0.4, 0.5) is 15.3 Å². The Hall–Kier alpha value is -2.84. The predicted octanol–water partition coefficient (Wildman–Crippen LogP) is 3.14. The van der Waals surface area contributed by atoms with E-state index in [0.717, 1.165) is 0 Å². The van der Waals surface area contributed by atoms with Gasteiger partial charge < -0.3 is 34.9 Å². The molecular weight excluding hydrogens is 366 g/mol. The predicted molar refractivity (Wildman–Crippen MR) is 107 cm³/mol. The van der Waals surface area contributed by atoms with Crippen molar-refractivity contribution in [3.05, 3.63) is 12.1 Å². The molecule has 1 aromatic carbocycles. The summed E-state index contributed by atoms with van der Waals surface area (Å²) < 4.78 is 21.0. The fourth-order valence-electron chi connectivity index (χ4n) is 2.27. The molecule has 0 radical (unpaired) electrons. The summed E-state index contributed by atoms with van der Waals surface area (Å²) in [6, 6.07) is 2.78. The van der Waals surface area contributed by atoms with Crippen LogP contribution in [0.15, 0.2) is 12.1 Å². The van der Waals surface area contributed by atoms with E-state index in [1.165, 1.54) is 21.3 Å². The quantitative estimate of drug-likeness (QED) is 0.652. The second-order valence-electron chi connectivity index (χ2n) is 7.73. The summed E-state index contributed by atoms with van der Waals surface area (Å²) in [7, 11) is 4.49. The number of amides is 3. The first-order valence-corrected chi connectivity index (χ1v) is 8.77. The van der Waals surface area contributed by atoms with Crippen molar-refractivity contribution in [1.29, 1.82) is 0 Å². The smallest absolute Gasteiger partial charge is 0.407 e. The minimum Gasteiger partial charge on any atom is -0.493 e. The van der Waals surface area contributed by atoms with E-state index in [9.17, 15) is 9.59 Å². The van der Waals surface area contributed by atoms with Crippen molar-refractivity contribution in [2.45, 2.75) is 45.8 Å². The highest BCUT2D eigenvalue weighted by Crippen LogP contribution is 2.39. The zero-order valence-corrected chi connectivity index (χ0v) is 17.8. The third kappa shape index (κ3) is 7.42. The molecule has 0 atom stereocenters. The van der Waals surface area contributed by atoms with E-state index in [2.05, 4.69) is 16.0 Å². The van der Waals surface area contributed by atoms with Crippen LogP contribution in [0, 0.1) is 0 Å². The molecule has 28 heavy (non-hydrogen) atoms. The molecule has 0 aliphatic heterocycles. The van der Waals surface area contributed by atoms with Crippen LogP contribution in [0.3, 0.4) is 0 Å². The Morgan fingerprint density at radius 1 is 0.929 bits per heavy atom.